The molecule has 1 aromatic rings. The van der Waals surface area contributed by atoms with E-state index in [1.165, 1.54) is 6.07 Å². The Morgan fingerprint density at radius 2 is 2.11 bits per heavy atom. The summed E-state index contributed by atoms with van der Waals surface area (Å²) < 4.78 is 0. The quantitative estimate of drug-likeness (QED) is 0.772. The van der Waals surface area contributed by atoms with Crippen LogP contribution in [0.3, 0.4) is 0 Å². The smallest absolute Gasteiger partial charge is 0.253 e. The van der Waals surface area contributed by atoms with Crippen molar-refractivity contribution in [1.82, 2.24) is 5.32 Å². The van der Waals surface area contributed by atoms with Gasteiger partial charge in [0.25, 0.3) is 5.91 Å². The Bertz CT molecular complexity index is 461. The molecule has 1 aromatic carbocycles. The first-order valence-electron chi connectivity index (χ1n) is 5.60. The van der Waals surface area contributed by atoms with Gasteiger partial charge < -0.3 is 16.4 Å². The van der Waals surface area contributed by atoms with Crippen molar-refractivity contribution in [1.29, 1.82) is 0 Å². The van der Waals surface area contributed by atoms with E-state index in [0.717, 1.165) is 0 Å². The first-order chi connectivity index (χ1) is 8.45. The standard InChI is InChI=1S/C12H16ClN3O2/c1-3-15-12(18)9-5-4-8(13)6-10(9)16-11(17)7(2)14/h4-7H,3,14H2,1-2H3,(H,15,18)(H,16,17)/t7-/m0/s1. The van der Waals surface area contributed by atoms with Crippen LogP contribution in [0.5, 0.6) is 0 Å². The van der Waals surface area contributed by atoms with Crippen LogP contribution in [0.15, 0.2) is 18.2 Å². The average Bonchev–Trinajstić information content (AvgIpc) is 2.29. The molecule has 0 aliphatic heterocycles. The summed E-state index contributed by atoms with van der Waals surface area (Å²) in [5.41, 5.74) is 6.17. The van der Waals surface area contributed by atoms with Crippen molar-refractivity contribution in [2.24, 2.45) is 5.73 Å². The number of rotatable bonds is 4. The van der Waals surface area contributed by atoms with Crippen LogP contribution in [0.2, 0.25) is 5.02 Å². The highest BCUT2D eigenvalue weighted by molar-refractivity contribution is 6.31. The predicted molar refractivity (Wildman–Crippen MR) is 71.7 cm³/mol. The van der Waals surface area contributed by atoms with Gasteiger partial charge in [0.15, 0.2) is 0 Å². The van der Waals surface area contributed by atoms with Crippen LogP contribution in [0.4, 0.5) is 5.69 Å². The highest BCUT2D eigenvalue weighted by atomic mass is 35.5. The maximum Gasteiger partial charge on any atom is 0.253 e. The lowest BCUT2D eigenvalue weighted by Gasteiger charge is -2.12. The third-order valence-corrected chi connectivity index (χ3v) is 2.47. The van der Waals surface area contributed by atoms with Gasteiger partial charge in [-0.15, -0.1) is 0 Å². The maximum absolute atomic E-state index is 11.8. The molecule has 0 fully saturated rings. The normalized spacial score (nSPS) is 11.8. The minimum atomic E-state index is -0.661. The van der Waals surface area contributed by atoms with E-state index < -0.39 is 6.04 Å². The van der Waals surface area contributed by atoms with Crippen LogP contribution >= 0.6 is 11.6 Å². The molecule has 2 amide bonds. The average molecular weight is 270 g/mol. The van der Waals surface area contributed by atoms with Crippen LogP contribution in [0.1, 0.15) is 24.2 Å². The number of carbonyl (C=O) groups is 2. The number of carbonyl (C=O) groups excluding carboxylic acids is 2. The van der Waals surface area contributed by atoms with Gasteiger partial charge >= 0.3 is 0 Å². The summed E-state index contributed by atoms with van der Waals surface area (Å²) in [7, 11) is 0. The van der Waals surface area contributed by atoms with E-state index in [1.807, 2.05) is 6.92 Å². The van der Waals surface area contributed by atoms with Gasteiger partial charge in [-0.2, -0.15) is 0 Å². The number of anilines is 1. The summed E-state index contributed by atoms with van der Waals surface area (Å²) in [5.74, 6) is -0.642. The number of amides is 2. The van der Waals surface area contributed by atoms with Crippen LogP contribution in [-0.2, 0) is 4.79 Å². The molecule has 0 bridgehead atoms. The van der Waals surface area contributed by atoms with Crippen LogP contribution in [0.25, 0.3) is 0 Å². The number of halogens is 1. The van der Waals surface area contributed by atoms with E-state index in [0.29, 0.717) is 22.8 Å². The van der Waals surface area contributed by atoms with Crippen molar-refractivity contribution in [3.63, 3.8) is 0 Å². The second kappa shape index (κ2) is 6.37. The van der Waals surface area contributed by atoms with Gasteiger partial charge in [-0.25, -0.2) is 0 Å². The second-order valence-corrected chi connectivity index (χ2v) is 4.26. The number of nitrogens with two attached hydrogens (primary N) is 1. The first-order valence-corrected chi connectivity index (χ1v) is 5.97. The largest absolute Gasteiger partial charge is 0.352 e. The zero-order valence-electron chi connectivity index (χ0n) is 10.3. The van der Waals surface area contributed by atoms with Crippen molar-refractivity contribution in [2.75, 3.05) is 11.9 Å². The Morgan fingerprint density at radius 3 is 2.67 bits per heavy atom. The van der Waals surface area contributed by atoms with Crippen molar-refractivity contribution in [3.05, 3.63) is 28.8 Å². The van der Waals surface area contributed by atoms with E-state index in [9.17, 15) is 9.59 Å². The second-order valence-electron chi connectivity index (χ2n) is 3.83. The molecular weight excluding hydrogens is 254 g/mol. The molecule has 0 aliphatic carbocycles. The van der Waals surface area contributed by atoms with Crippen molar-refractivity contribution < 1.29 is 9.59 Å². The topological polar surface area (TPSA) is 84.2 Å². The van der Waals surface area contributed by atoms with Crippen LogP contribution in [0, 0.1) is 0 Å². The lowest BCUT2D eigenvalue weighted by atomic mass is 10.1. The highest BCUT2D eigenvalue weighted by Crippen LogP contribution is 2.21. The molecule has 1 atom stereocenters. The number of nitrogens with one attached hydrogen (secondary N) is 2. The minimum Gasteiger partial charge on any atom is -0.352 e. The molecule has 6 heteroatoms. The van der Waals surface area contributed by atoms with E-state index >= 15 is 0 Å². The van der Waals surface area contributed by atoms with Gasteiger partial charge in [-0.1, -0.05) is 11.6 Å². The third kappa shape index (κ3) is 3.72. The Kier molecular flexibility index (Phi) is 5.12. The van der Waals surface area contributed by atoms with Gasteiger partial charge in [0.05, 0.1) is 17.3 Å². The monoisotopic (exact) mass is 269 g/mol. The predicted octanol–water partition coefficient (Wildman–Crippen LogP) is 1.38. The van der Waals surface area contributed by atoms with Gasteiger partial charge in [0.1, 0.15) is 0 Å². The number of benzene rings is 1. The molecule has 98 valence electrons. The molecule has 18 heavy (non-hydrogen) atoms. The molecule has 0 radical (unpaired) electrons. The molecule has 0 aliphatic rings. The Hall–Kier alpha value is -1.59. The first kappa shape index (κ1) is 14.5. The van der Waals surface area contributed by atoms with Gasteiger partial charge in [-0.3, -0.25) is 9.59 Å². The summed E-state index contributed by atoms with van der Waals surface area (Å²) in [6, 6.07) is 4.01. The van der Waals surface area contributed by atoms with Crippen LogP contribution < -0.4 is 16.4 Å². The number of hydrogen-bond donors (Lipinski definition) is 3. The van der Waals surface area contributed by atoms with E-state index in [-0.39, 0.29) is 11.8 Å². The Morgan fingerprint density at radius 1 is 1.44 bits per heavy atom. The molecular formula is C12H16ClN3O2. The Labute approximate surface area is 111 Å². The zero-order valence-corrected chi connectivity index (χ0v) is 11.0. The molecule has 1 rings (SSSR count). The SMILES string of the molecule is CCNC(=O)c1ccc(Cl)cc1NC(=O)[C@H](C)N. The molecule has 0 aromatic heterocycles. The molecule has 4 N–H and O–H groups in total. The summed E-state index contributed by atoms with van der Waals surface area (Å²) in [5, 5.41) is 5.67. The molecule has 5 nitrogen and oxygen atoms in total. The minimum absolute atomic E-state index is 0.269. The molecule has 0 saturated carbocycles. The molecule has 0 unspecified atom stereocenters. The van der Waals surface area contributed by atoms with E-state index in [2.05, 4.69) is 10.6 Å². The summed E-state index contributed by atoms with van der Waals surface area (Å²) in [6.45, 7) is 3.88. The number of hydrogen-bond acceptors (Lipinski definition) is 3. The third-order valence-electron chi connectivity index (χ3n) is 2.24. The van der Waals surface area contributed by atoms with E-state index in [4.69, 9.17) is 17.3 Å². The van der Waals surface area contributed by atoms with Crippen LogP contribution in [-0.4, -0.2) is 24.4 Å². The van der Waals surface area contributed by atoms with E-state index in [1.54, 1.807) is 19.1 Å². The Balaban J connectivity index is 3.04. The summed E-state index contributed by atoms with van der Waals surface area (Å²) in [4.78, 5) is 23.3. The van der Waals surface area contributed by atoms with Crippen molar-refractivity contribution in [3.8, 4) is 0 Å². The van der Waals surface area contributed by atoms with Crippen molar-refractivity contribution in [2.45, 2.75) is 19.9 Å². The molecule has 0 spiro atoms. The summed E-state index contributed by atoms with van der Waals surface area (Å²) >= 11 is 5.85. The van der Waals surface area contributed by atoms with Gasteiger partial charge in [-0.05, 0) is 32.0 Å². The fraction of sp³-hybridized carbons (Fsp3) is 0.333. The lowest BCUT2D eigenvalue weighted by molar-refractivity contribution is -0.117. The molecule has 0 heterocycles. The van der Waals surface area contributed by atoms with Gasteiger partial charge in [0.2, 0.25) is 5.91 Å². The molecule has 0 saturated heterocycles. The highest BCUT2D eigenvalue weighted by Gasteiger charge is 2.15. The zero-order chi connectivity index (χ0) is 13.7. The summed E-state index contributed by atoms with van der Waals surface area (Å²) in [6.07, 6.45) is 0. The maximum atomic E-state index is 11.8. The van der Waals surface area contributed by atoms with Crippen molar-refractivity contribution >= 4 is 29.1 Å². The van der Waals surface area contributed by atoms with Gasteiger partial charge in [0, 0.05) is 11.6 Å². The fourth-order valence-electron chi connectivity index (χ4n) is 1.32. The fourth-order valence-corrected chi connectivity index (χ4v) is 1.49. The lowest BCUT2D eigenvalue weighted by Crippen LogP contribution is -2.33.